The molecule has 0 unspecified atom stereocenters. The highest BCUT2D eigenvalue weighted by molar-refractivity contribution is 5.98. The summed E-state index contributed by atoms with van der Waals surface area (Å²) in [7, 11) is 1.58. The highest BCUT2D eigenvalue weighted by atomic mass is 16.6. The van der Waals surface area contributed by atoms with Gasteiger partial charge in [0.15, 0.2) is 0 Å². The number of hydrogen-bond donors (Lipinski definition) is 4. The number of aliphatic hydroxyl groups excluding tert-OH is 1. The van der Waals surface area contributed by atoms with Crippen molar-refractivity contribution in [1.29, 1.82) is 0 Å². The van der Waals surface area contributed by atoms with Crippen LogP contribution in [0.4, 0.5) is 5.69 Å². The molecular weight excluding hydrogens is 466 g/mol. The maximum Gasteiger partial charge on any atom is 0.335 e. The number of nitro benzene ring substituents is 1. The summed E-state index contributed by atoms with van der Waals surface area (Å²) in [6.07, 6.45) is -0.729. The minimum Gasteiger partial charge on any atom is -0.497 e. The Labute approximate surface area is 207 Å². The first-order valence-corrected chi connectivity index (χ1v) is 11.2. The van der Waals surface area contributed by atoms with E-state index in [0.717, 1.165) is 29.3 Å². The molecule has 0 aliphatic carbocycles. The maximum atomic E-state index is 13.0. The fourth-order valence-corrected chi connectivity index (χ4v) is 3.66. The van der Waals surface area contributed by atoms with Crippen LogP contribution >= 0.6 is 0 Å². The zero-order chi connectivity index (χ0) is 26.1. The van der Waals surface area contributed by atoms with Crippen molar-refractivity contribution in [3.8, 4) is 5.75 Å². The largest absolute Gasteiger partial charge is 0.497 e. The van der Waals surface area contributed by atoms with Gasteiger partial charge in [0.05, 0.1) is 29.7 Å². The Balaban J connectivity index is 1.76. The lowest BCUT2D eigenvalue weighted by molar-refractivity contribution is -0.384. The fraction of sp³-hybridized carbons (Fsp3) is 0.231. The third-order valence-corrected chi connectivity index (χ3v) is 5.53. The number of methoxy groups -OCH3 is 1. The van der Waals surface area contributed by atoms with Crippen molar-refractivity contribution in [2.75, 3.05) is 13.7 Å². The van der Waals surface area contributed by atoms with Gasteiger partial charge >= 0.3 is 5.97 Å². The number of ether oxygens (including phenoxy) is 1. The van der Waals surface area contributed by atoms with E-state index < -0.39 is 34.6 Å². The molecule has 0 saturated heterocycles. The van der Waals surface area contributed by atoms with E-state index in [4.69, 9.17) is 4.74 Å². The van der Waals surface area contributed by atoms with E-state index in [2.05, 4.69) is 10.6 Å². The van der Waals surface area contributed by atoms with Crippen LogP contribution in [0.3, 0.4) is 0 Å². The number of aromatic carboxylic acids is 1. The first-order chi connectivity index (χ1) is 17.3. The molecule has 0 bridgehead atoms. The fourth-order valence-electron chi connectivity index (χ4n) is 3.66. The van der Waals surface area contributed by atoms with Gasteiger partial charge in [-0.2, -0.15) is 0 Å². The van der Waals surface area contributed by atoms with Crippen LogP contribution < -0.4 is 15.4 Å². The summed E-state index contributed by atoms with van der Waals surface area (Å²) in [5, 5.41) is 37.3. The van der Waals surface area contributed by atoms with Gasteiger partial charge in [-0.15, -0.1) is 0 Å². The van der Waals surface area contributed by atoms with Gasteiger partial charge < -0.3 is 25.6 Å². The quantitative estimate of drug-likeness (QED) is 0.222. The molecule has 3 rings (SSSR count). The second-order valence-corrected chi connectivity index (χ2v) is 8.15. The van der Waals surface area contributed by atoms with Crippen molar-refractivity contribution in [2.45, 2.75) is 25.1 Å². The predicted molar refractivity (Wildman–Crippen MR) is 132 cm³/mol. The van der Waals surface area contributed by atoms with Crippen LogP contribution in [0.15, 0.2) is 72.8 Å². The molecule has 2 atom stereocenters. The van der Waals surface area contributed by atoms with Crippen LogP contribution in [-0.2, 0) is 13.0 Å². The third kappa shape index (κ3) is 7.36. The number of aliphatic hydroxyl groups is 1. The molecule has 0 aliphatic heterocycles. The first-order valence-electron chi connectivity index (χ1n) is 11.2. The SMILES string of the molecule is COc1cccc(CNC[C@@H](O)[C@H](Cc2ccccc2)NC(=O)c2cc(C(=O)O)cc([N+](=O)[O-])c2)c1. The van der Waals surface area contributed by atoms with Crippen molar-refractivity contribution >= 4 is 17.6 Å². The maximum absolute atomic E-state index is 13.0. The van der Waals surface area contributed by atoms with Crippen LogP contribution in [0, 0.1) is 10.1 Å². The Morgan fingerprint density at radius 1 is 1.00 bits per heavy atom. The minimum absolute atomic E-state index is 0.143. The molecule has 0 aromatic heterocycles. The number of nitro groups is 1. The summed E-state index contributed by atoms with van der Waals surface area (Å²) in [6.45, 7) is 0.595. The number of benzene rings is 3. The molecule has 10 heteroatoms. The molecule has 10 nitrogen and oxygen atoms in total. The zero-order valence-electron chi connectivity index (χ0n) is 19.6. The number of rotatable bonds is 12. The molecule has 0 heterocycles. The van der Waals surface area contributed by atoms with E-state index in [9.17, 15) is 29.9 Å². The molecule has 0 aliphatic rings. The van der Waals surface area contributed by atoms with Gasteiger partial charge in [-0.25, -0.2) is 4.79 Å². The second kappa shape index (κ2) is 12.4. The Morgan fingerprint density at radius 3 is 2.36 bits per heavy atom. The average molecular weight is 494 g/mol. The van der Waals surface area contributed by atoms with Crippen LogP contribution in [-0.4, -0.2) is 52.8 Å². The lowest BCUT2D eigenvalue weighted by atomic mass is 10.00. The van der Waals surface area contributed by atoms with Gasteiger partial charge in [-0.05, 0) is 35.7 Å². The van der Waals surface area contributed by atoms with E-state index in [1.54, 1.807) is 7.11 Å². The second-order valence-electron chi connectivity index (χ2n) is 8.15. The van der Waals surface area contributed by atoms with E-state index in [1.807, 2.05) is 54.6 Å². The molecule has 188 valence electrons. The molecule has 3 aromatic carbocycles. The van der Waals surface area contributed by atoms with Crippen LogP contribution in [0.2, 0.25) is 0 Å². The molecule has 36 heavy (non-hydrogen) atoms. The number of carboxylic acids is 1. The Kier molecular flexibility index (Phi) is 9.09. The van der Waals surface area contributed by atoms with E-state index >= 15 is 0 Å². The first kappa shape index (κ1) is 26.3. The number of carbonyl (C=O) groups excluding carboxylic acids is 1. The number of hydrogen-bond acceptors (Lipinski definition) is 7. The molecule has 0 fully saturated rings. The number of carboxylic acid groups (broad SMARTS) is 1. The Hall–Kier alpha value is -4.28. The summed E-state index contributed by atoms with van der Waals surface area (Å²) in [5.74, 6) is -1.41. The number of non-ortho nitro benzene ring substituents is 1. The van der Waals surface area contributed by atoms with E-state index in [0.29, 0.717) is 12.3 Å². The number of nitrogens with zero attached hydrogens (tertiary/aromatic N) is 1. The van der Waals surface area contributed by atoms with Gasteiger partial charge in [-0.1, -0.05) is 42.5 Å². The number of carbonyl (C=O) groups is 2. The minimum atomic E-state index is -1.39. The molecule has 3 aromatic rings. The summed E-state index contributed by atoms with van der Waals surface area (Å²) in [5.41, 5.74) is 0.730. The van der Waals surface area contributed by atoms with Crippen molar-refractivity contribution in [2.24, 2.45) is 0 Å². The van der Waals surface area contributed by atoms with E-state index in [1.165, 1.54) is 0 Å². The van der Waals surface area contributed by atoms with Crippen molar-refractivity contribution in [1.82, 2.24) is 10.6 Å². The molecule has 0 spiro atoms. The topological polar surface area (TPSA) is 151 Å². The van der Waals surface area contributed by atoms with Gasteiger partial charge in [0.1, 0.15) is 5.75 Å². The normalized spacial score (nSPS) is 12.4. The highest BCUT2D eigenvalue weighted by Crippen LogP contribution is 2.18. The summed E-state index contributed by atoms with van der Waals surface area (Å²) >= 11 is 0. The van der Waals surface area contributed by atoms with E-state index in [-0.39, 0.29) is 24.1 Å². The van der Waals surface area contributed by atoms with Crippen LogP contribution in [0.5, 0.6) is 5.75 Å². The molecule has 1 amide bonds. The summed E-state index contributed by atoms with van der Waals surface area (Å²) < 4.78 is 5.22. The standard InChI is InChI=1S/C26H27N3O7/c1-36-22-9-5-8-18(10-22)15-27-16-24(30)23(11-17-6-3-2-4-7-17)28-25(31)19-12-20(26(32)33)14-21(13-19)29(34)35/h2-10,12-14,23-24,27,30H,11,15-16H2,1H3,(H,28,31)(H,32,33)/t23-,24+/m0/s1. The number of nitrogens with one attached hydrogen (secondary N) is 2. The van der Waals surface area contributed by atoms with Gasteiger partial charge in [0.25, 0.3) is 11.6 Å². The smallest absolute Gasteiger partial charge is 0.335 e. The monoisotopic (exact) mass is 493 g/mol. The third-order valence-electron chi connectivity index (χ3n) is 5.53. The summed E-state index contributed by atoms with van der Waals surface area (Å²) in [4.78, 5) is 34.8. The molecule has 4 N–H and O–H groups in total. The van der Waals surface area contributed by atoms with Gasteiger partial charge in [0, 0.05) is 30.8 Å². The lowest BCUT2D eigenvalue weighted by Crippen LogP contribution is -2.48. The van der Waals surface area contributed by atoms with Crippen LogP contribution in [0.1, 0.15) is 31.8 Å². The molecule has 0 radical (unpaired) electrons. The average Bonchev–Trinajstić information content (AvgIpc) is 2.88. The molecular formula is C26H27N3O7. The Morgan fingerprint density at radius 2 is 1.69 bits per heavy atom. The predicted octanol–water partition coefficient (Wildman–Crippen LogP) is 2.79. The number of amides is 1. The lowest BCUT2D eigenvalue weighted by Gasteiger charge is -2.25. The van der Waals surface area contributed by atoms with Crippen molar-refractivity contribution in [3.63, 3.8) is 0 Å². The zero-order valence-corrected chi connectivity index (χ0v) is 19.6. The van der Waals surface area contributed by atoms with Gasteiger partial charge in [-0.3, -0.25) is 14.9 Å². The molecule has 0 saturated carbocycles. The highest BCUT2D eigenvalue weighted by Gasteiger charge is 2.24. The summed E-state index contributed by atoms with van der Waals surface area (Å²) in [6, 6.07) is 18.9. The van der Waals surface area contributed by atoms with Crippen LogP contribution in [0.25, 0.3) is 0 Å². The Bertz CT molecular complexity index is 1180. The van der Waals surface area contributed by atoms with Crippen molar-refractivity contribution < 1.29 is 29.5 Å². The van der Waals surface area contributed by atoms with Crippen molar-refractivity contribution in [3.05, 3.63) is 105 Å². The van der Waals surface area contributed by atoms with Gasteiger partial charge in [0.2, 0.25) is 0 Å².